The molecule has 1 heterocycles. The van der Waals surface area contributed by atoms with Gasteiger partial charge in [-0.05, 0) is 25.2 Å². The first-order valence-electron chi connectivity index (χ1n) is 6.62. The van der Waals surface area contributed by atoms with E-state index in [4.69, 9.17) is 4.74 Å². The highest BCUT2D eigenvalue weighted by atomic mass is 16.5. The van der Waals surface area contributed by atoms with Crippen LogP contribution in [-0.2, 0) is 4.74 Å². The van der Waals surface area contributed by atoms with Crippen LogP contribution in [0.5, 0.6) is 0 Å². The van der Waals surface area contributed by atoms with Gasteiger partial charge in [0.1, 0.15) is 0 Å². The molecule has 2 rings (SSSR count). The first-order valence-corrected chi connectivity index (χ1v) is 6.62. The zero-order valence-corrected chi connectivity index (χ0v) is 10.2. The number of hydrogen-bond donors (Lipinski definition) is 1. The first kappa shape index (κ1) is 11.4. The van der Waals surface area contributed by atoms with Crippen molar-refractivity contribution in [3.8, 4) is 0 Å². The molecule has 1 N–H and O–H groups in total. The van der Waals surface area contributed by atoms with Crippen LogP contribution in [0.3, 0.4) is 0 Å². The Bertz CT molecular complexity index is 191. The van der Waals surface area contributed by atoms with Crippen LogP contribution in [0.25, 0.3) is 0 Å². The predicted octanol–water partition coefficient (Wildman–Crippen LogP) is 2.58. The molecule has 1 aliphatic heterocycles. The van der Waals surface area contributed by atoms with Crippen LogP contribution in [0.1, 0.15) is 46.0 Å². The van der Waals surface area contributed by atoms with Crippen LogP contribution >= 0.6 is 0 Å². The summed E-state index contributed by atoms with van der Waals surface area (Å²) in [6, 6.07) is 0.830. The third-order valence-electron chi connectivity index (χ3n) is 4.31. The first-order chi connectivity index (χ1) is 7.30. The van der Waals surface area contributed by atoms with Crippen molar-refractivity contribution in [2.75, 3.05) is 19.8 Å². The van der Waals surface area contributed by atoms with Gasteiger partial charge in [-0.1, -0.05) is 26.7 Å². The Balaban J connectivity index is 1.93. The second-order valence-electron chi connectivity index (χ2n) is 5.33. The maximum atomic E-state index is 5.66. The lowest BCUT2D eigenvalue weighted by molar-refractivity contribution is 0.0983. The Morgan fingerprint density at radius 3 is 2.53 bits per heavy atom. The fraction of sp³-hybridized carbons (Fsp3) is 1.00. The summed E-state index contributed by atoms with van der Waals surface area (Å²) in [4.78, 5) is 0. The molecule has 1 atom stereocenters. The lowest BCUT2D eigenvalue weighted by Crippen LogP contribution is -2.41. The van der Waals surface area contributed by atoms with E-state index in [1.807, 2.05) is 0 Å². The average Bonchev–Trinajstić information content (AvgIpc) is 2.97. The topological polar surface area (TPSA) is 21.3 Å². The monoisotopic (exact) mass is 211 g/mol. The van der Waals surface area contributed by atoms with E-state index in [9.17, 15) is 0 Å². The van der Waals surface area contributed by atoms with Crippen molar-refractivity contribution in [2.45, 2.75) is 52.0 Å². The SMILES string of the molecule is CCC(CC)C1(CNC2CC2)CCOC1. The Hall–Kier alpha value is -0.0800. The third kappa shape index (κ3) is 2.54. The summed E-state index contributed by atoms with van der Waals surface area (Å²) < 4.78 is 5.66. The van der Waals surface area contributed by atoms with E-state index < -0.39 is 0 Å². The van der Waals surface area contributed by atoms with Crippen molar-refractivity contribution in [1.82, 2.24) is 5.32 Å². The van der Waals surface area contributed by atoms with Crippen molar-refractivity contribution < 1.29 is 4.74 Å². The maximum absolute atomic E-state index is 5.66. The van der Waals surface area contributed by atoms with Crippen molar-refractivity contribution >= 4 is 0 Å². The maximum Gasteiger partial charge on any atom is 0.0538 e. The molecule has 1 unspecified atom stereocenters. The van der Waals surface area contributed by atoms with E-state index in [2.05, 4.69) is 19.2 Å². The lowest BCUT2D eigenvalue weighted by Gasteiger charge is -2.35. The molecule has 0 bridgehead atoms. The molecular formula is C13H25NO. The zero-order valence-electron chi connectivity index (χ0n) is 10.2. The molecule has 2 aliphatic rings. The largest absolute Gasteiger partial charge is 0.381 e. The second kappa shape index (κ2) is 4.84. The van der Waals surface area contributed by atoms with Crippen LogP contribution in [0.4, 0.5) is 0 Å². The summed E-state index contributed by atoms with van der Waals surface area (Å²) >= 11 is 0. The van der Waals surface area contributed by atoms with Gasteiger partial charge >= 0.3 is 0 Å². The minimum atomic E-state index is 0.450. The van der Waals surface area contributed by atoms with Crippen molar-refractivity contribution in [3.63, 3.8) is 0 Å². The molecule has 1 saturated heterocycles. The number of hydrogen-bond acceptors (Lipinski definition) is 2. The van der Waals surface area contributed by atoms with Crippen LogP contribution in [0.15, 0.2) is 0 Å². The molecule has 1 aliphatic carbocycles. The fourth-order valence-corrected chi connectivity index (χ4v) is 3.02. The molecule has 2 fully saturated rings. The van der Waals surface area contributed by atoms with Crippen molar-refractivity contribution in [1.29, 1.82) is 0 Å². The van der Waals surface area contributed by atoms with Crippen LogP contribution in [0, 0.1) is 11.3 Å². The minimum Gasteiger partial charge on any atom is -0.381 e. The van der Waals surface area contributed by atoms with Gasteiger partial charge in [0.25, 0.3) is 0 Å². The number of ether oxygens (including phenoxy) is 1. The van der Waals surface area contributed by atoms with E-state index in [-0.39, 0.29) is 0 Å². The Morgan fingerprint density at radius 2 is 2.07 bits per heavy atom. The van der Waals surface area contributed by atoms with Crippen LogP contribution in [0.2, 0.25) is 0 Å². The summed E-state index contributed by atoms with van der Waals surface area (Å²) in [5.41, 5.74) is 0.450. The molecule has 0 aromatic heterocycles. The van der Waals surface area contributed by atoms with Crippen molar-refractivity contribution in [2.24, 2.45) is 11.3 Å². The smallest absolute Gasteiger partial charge is 0.0538 e. The lowest BCUT2D eigenvalue weighted by atomic mass is 9.72. The summed E-state index contributed by atoms with van der Waals surface area (Å²) in [6.45, 7) is 7.79. The molecule has 2 heteroatoms. The van der Waals surface area contributed by atoms with Gasteiger partial charge in [0.15, 0.2) is 0 Å². The van der Waals surface area contributed by atoms with E-state index in [0.29, 0.717) is 5.41 Å². The quantitative estimate of drug-likeness (QED) is 0.729. The van der Waals surface area contributed by atoms with Gasteiger partial charge < -0.3 is 10.1 Å². The van der Waals surface area contributed by atoms with Crippen LogP contribution in [-0.4, -0.2) is 25.8 Å². The van der Waals surface area contributed by atoms with E-state index in [0.717, 1.165) is 25.2 Å². The Labute approximate surface area is 93.8 Å². The average molecular weight is 211 g/mol. The van der Waals surface area contributed by atoms with Gasteiger partial charge in [0.05, 0.1) is 6.61 Å². The van der Waals surface area contributed by atoms with Gasteiger partial charge in [0, 0.05) is 24.6 Å². The molecule has 0 aromatic rings. The number of rotatable bonds is 6. The number of nitrogens with one attached hydrogen (secondary N) is 1. The summed E-state index contributed by atoms with van der Waals surface area (Å²) in [7, 11) is 0. The fourth-order valence-electron chi connectivity index (χ4n) is 3.02. The Kier molecular flexibility index (Phi) is 3.68. The summed E-state index contributed by atoms with van der Waals surface area (Å²) in [5, 5.41) is 3.71. The standard InChI is InChI=1S/C13H25NO/c1-3-11(4-2)13(7-8-15-10-13)9-14-12-5-6-12/h11-12,14H,3-10H2,1-2H3. The van der Waals surface area contributed by atoms with Gasteiger partial charge in [-0.2, -0.15) is 0 Å². The summed E-state index contributed by atoms with van der Waals surface area (Å²) in [6.07, 6.45) is 6.64. The summed E-state index contributed by atoms with van der Waals surface area (Å²) in [5.74, 6) is 0.839. The molecule has 15 heavy (non-hydrogen) atoms. The highest BCUT2D eigenvalue weighted by Crippen LogP contribution is 2.40. The molecule has 0 radical (unpaired) electrons. The van der Waals surface area contributed by atoms with Gasteiger partial charge in [0.2, 0.25) is 0 Å². The highest BCUT2D eigenvalue weighted by Gasteiger charge is 2.41. The molecule has 1 saturated carbocycles. The molecule has 0 aromatic carbocycles. The van der Waals surface area contributed by atoms with E-state index >= 15 is 0 Å². The molecule has 2 nitrogen and oxygen atoms in total. The molecule has 88 valence electrons. The Morgan fingerprint density at radius 1 is 1.33 bits per heavy atom. The minimum absolute atomic E-state index is 0.450. The third-order valence-corrected chi connectivity index (χ3v) is 4.31. The molecular weight excluding hydrogens is 186 g/mol. The van der Waals surface area contributed by atoms with Crippen molar-refractivity contribution in [3.05, 3.63) is 0 Å². The molecule has 0 amide bonds. The second-order valence-corrected chi connectivity index (χ2v) is 5.33. The van der Waals surface area contributed by atoms with E-state index in [1.54, 1.807) is 0 Å². The highest BCUT2D eigenvalue weighted by molar-refractivity contribution is 4.93. The van der Waals surface area contributed by atoms with Gasteiger partial charge in [-0.25, -0.2) is 0 Å². The van der Waals surface area contributed by atoms with Crippen LogP contribution < -0.4 is 5.32 Å². The predicted molar refractivity (Wildman–Crippen MR) is 63.0 cm³/mol. The van der Waals surface area contributed by atoms with Gasteiger partial charge in [-0.15, -0.1) is 0 Å². The van der Waals surface area contributed by atoms with E-state index in [1.165, 1.54) is 38.6 Å². The normalized spacial score (nSPS) is 31.4. The zero-order chi connectivity index (χ0) is 10.7. The van der Waals surface area contributed by atoms with Gasteiger partial charge in [-0.3, -0.25) is 0 Å². The molecule has 0 spiro atoms.